The Morgan fingerprint density at radius 3 is 2.62 bits per heavy atom. The molecule has 2 aliphatic rings. The highest BCUT2D eigenvalue weighted by Crippen LogP contribution is 2.30. The fourth-order valence-corrected chi connectivity index (χ4v) is 3.60. The van der Waals surface area contributed by atoms with Crippen molar-refractivity contribution in [1.29, 1.82) is 0 Å². The van der Waals surface area contributed by atoms with Crippen LogP contribution >= 0.6 is 0 Å². The van der Waals surface area contributed by atoms with E-state index in [0.717, 1.165) is 25.8 Å². The highest BCUT2D eigenvalue weighted by Gasteiger charge is 2.44. The van der Waals surface area contributed by atoms with Gasteiger partial charge in [0, 0.05) is 6.04 Å². The Morgan fingerprint density at radius 2 is 1.90 bits per heavy atom. The Balaban J connectivity index is 1.83. The molecule has 1 aromatic carbocycles. The summed E-state index contributed by atoms with van der Waals surface area (Å²) in [4.78, 5) is 28.7. The van der Waals surface area contributed by atoms with Crippen LogP contribution in [0.3, 0.4) is 0 Å². The van der Waals surface area contributed by atoms with E-state index in [1.807, 2.05) is 30.3 Å². The summed E-state index contributed by atoms with van der Waals surface area (Å²) in [6.45, 7) is 3.10. The lowest BCUT2D eigenvalue weighted by molar-refractivity contribution is -0.123. The van der Waals surface area contributed by atoms with Crippen molar-refractivity contribution in [1.82, 2.24) is 4.90 Å². The van der Waals surface area contributed by atoms with Gasteiger partial charge in [-0.05, 0) is 37.9 Å². The van der Waals surface area contributed by atoms with E-state index in [1.165, 1.54) is 11.3 Å². The molecule has 112 valence electrons. The van der Waals surface area contributed by atoms with E-state index in [1.54, 1.807) is 0 Å². The first kappa shape index (κ1) is 14.3. The number of nitrogens with zero attached hydrogens (tertiary/aromatic N) is 2. The molecule has 0 aliphatic carbocycles. The summed E-state index contributed by atoms with van der Waals surface area (Å²) in [7, 11) is 0. The van der Waals surface area contributed by atoms with Crippen molar-refractivity contribution in [2.45, 2.75) is 51.1 Å². The summed E-state index contributed by atoms with van der Waals surface area (Å²) in [5.41, 5.74) is 0.694. The van der Waals surface area contributed by atoms with Crippen molar-refractivity contribution < 1.29 is 9.59 Å². The fraction of sp³-hybridized carbons (Fsp3) is 0.529. The Morgan fingerprint density at radius 1 is 1.14 bits per heavy atom. The average Bonchev–Trinajstić information content (AvgIpc) is 2.83. The van der Waals surface area contributed by atoms with Gasteiger partial charge in [-0.1, -0.05) is 31.5 Å². The molecule has 0 bridgehead atoms. The third-order valence-electron chi connectivity index (χ3n) is 4.68. The molecule has 21 heavy (non-hydrogen) atoms. The van der Waals surface area contributed by atoms with Crippen molar-refractivity contribution in [2.24, 2.45) is 0 Å². The van der Waals surface area contributed by atoms with Crippen molar-refractivity contribution in [3.05, 3.63) is 30.3 Å². The lowest BCUT2D eigenvalue weighted by Crippen LogP contribution is -2.49. The fourth-order valence-electron chi connectivity index (χ4n) is 3.60. The molecule has 3 rings (SSSR count). The first-order chi connectivity index (χ1) is 10.2. The standard InChI is InChI=1S/C17H22N2O2/c1-2-13-8-6-7-11-18(13)15-12-16(20)19(17(15)21)14-9-4-3-5-10-14/h3-5,9-10,13,15H,2,6-8,11-12H2,1H3/t13-,15+/m1/s1. The first-order valence-electron chi connectivity index (χ1n) is 7.90. The van der Waals surface area contributed by atoms with E-state index < -0.39 is 0 Å². The number of carbonyl (C=O) groups excluding carboxylic acids is 2. The summed E-state index contributed by atoms with van der Waals surface area (Å²) in [6, 6.07) is 9.44. The van der Waals surface area contributed by atoms with Crippen LogP contribution in [-0.4, -0.2) is 35.3 Å². The van der Waals surface area contributed by atoms with Gasteiger partial charge in [0.05, 0.1) is 18.2 Å². The molecule has 2 heterocycles. The van der Waals surface area contributed by atoms with Crippen LogP contribution in [0, 0.1) is 0 Å². The minimum Gasteiger partial charge on any atom is -0.289 e. The summed E-state index contributed by atoms with van der Waals surface area (Å²) in [5, 5.41) is 0. The van der Waals surface area contributed by atoms with E-state index in [-0.39, 0.29) is 17.9 Å². The van der Waals surface area contributed by atoms with Gasteiger partial charge in [-0.2, -0.15) is 0 Å². The number of amides is 2. The zero-order chi connectivity index (χ0) is 14.8. The van der Waals surface area contributed by atoms with Crippen LogP contribution in [0.25, 0.3) is 0 Å². The van der Waals surface area contributed by atoms with Crippen LogP contribution in [0.4, 0.5) is 5.69 Å². The summed E-state index contributed by atoms with van der Waals surface area (Å²) in [5.74, 6) is -0.122. The number of likely N-dealkylation sites (tertiary alicyclic amines) is 1. The maximum Gasteiger partial charge on any atom is 0.251 e. The molecule has 0 unspecified atom stereocenters. The van der Waals surface area contributed by atoms with Crippen molar-refractivity contribution >= 4 is 17.5 Å². The number of rotatable bonds is 3. The van der Waals surface area contributed by atoms with Gasteiger partial charge in [0.25, 0.3) is 5.91 Å². The number of para-hydroxylation sites is 1. The maximum atomic E-state index is 12.7. The Hall–Kier alpha value is -1.68. The Kier molecular flexibility index (Phi) is 4.06. The normalized spacial score (nSPS) is 27.4. The van der Waals surface area contributed by atoms with Gasteiger partial charge in [0.15, 0.2) is 0 Å². The summed E-state index contributed by atoms with van der Waals surface area (Å²) >= 11 is 0. The van der Waals surface area contributed by atoms with Gasteiger partial charge in [-0.3, -0.25) is 14.5 Å². The molecule has 0 radical (unpaired) electrons. The molecule has 0 N–H and O–H groups in total. The second-order valence-corrected chi connectivity index (χ2v) is 5.92. The topological polar surface area (TPSA) is 40.6 Å². The molecular formula is C17H22N2O2. The van der Waals surface area contributed by atoms with Crippen LogP contribution in [0.15, 0.2) is 30.3 Å². The Bertz CT molecular complexity index is 529. The smallest absolute Gasteiger partial charge is 0.251 e. The van der Waals surface area contributed by atoms with Crippen molar-refractivity contribution in [2.75, 3.05) is 11.4 Å². The number of anilines is 1. The van der Waals surface area contributed by atoms with Crippen LogP contribution in [-0.2, 0) is 9.59 Å². The molecule has 0 aromatic heterocycles. The number of hydrogen-bond acceptors (Lipinski definition) is 3. The maximum absolute atomic E-state index is 12.7. The number of benzene rings is 1. The SMILES string of the molecule is CC[C@@H]1CCCCN1[C@H]1CC(=O)N(c2ccccc2)C1=O. The van der Waals surface area contributed by atoms with Crippen LogP contribution in [0.1, 0.15) is 39.0 Å². The van der Waals surface area contributed by atoms with Gasteiger partial charge in [-0.15, -0.1) is 0 Å². The highest BCUT2D eigenvalue weighted by atomic mass is 16.2. The second-order valence-electron chi connectivity index (χ2n) is 5.92. The molecule has 0 spiro atoms. The predicted molar refractivity (Wildman–Crippen MR) is 82.0 cm³/mol. The van der Waals surface area contributed by atoms with Crippen LogP contribution in [0.2, 0.25) is 0 Å². The molecule has 1 aromatic rings. The van der Waals surface area contributed by atoms with Crippen LogP contribution < -0.4 is 4.90 Å². The number of carbonyl (C=O) groups is 2. The van der Waals surface area contributed by atoms with E-state index in [0.29, 0.717) is 18.2 Å². The third kappa shape index (κ3) is 2.60. The van der Waals surface area contributed by atoms with Gasteiger partial charge < -0.3 is 0 Å². The number of hydrogen-bond donors (Lipinski definition) is 0. The average molecular weight is 286 g/mol. The third-order valence-corrected chi connectivity index (χ3v) is 4.68. The van der Waals surface area contributed by atoms with Crippen LogP contribution in [0.5, 0.6) is 0 Å². The molecule has 2 amide bonds. The molecule has 4 nitrogen and oxygen atoms in total. The van der Waals surface area contributed by atoms with Gasteiger partial charge in [0.1, 0.15) is 0 Å². The van der Waals surface area contributed by atoms with Gasteiger partial charge >= 0.3 is 0 Å². The molecule has 2 aliphatic heterocycles. The summed E-state index contributed by atoms with van der Waals surface area (Å²) < 4.78 is 0. The Labute approximate surface area is 125 Å². The zero-order valence-electron chi connectivity index (χ0n) is 12.5. The van der Waals surface area contributed by atoms with E-state index in [2.05, 4.69) is 11.8 Å². The van der Waals surface area contributed by atoms with Crippen molar-refractivity contribution in [3.63, 3.8) is 0 Å². The molecule has 4 heteroatoms. The number of piperidine rings is 1. The minimum absolute atomic E-state index is 0.0495. The zero-order valence-corrected chi connectivity index (χ0v) is 12.5. The number of imide groups is 1. The quantitative estimate of drug-likeness (QED) is 0.802. The summed E-state index contributed by atoms with van der Waals surface area (Å²) in [6.07, 6.45) is 4.86. The molecule has 2 saturated heterocycles. The van der Waals surface area contributed by atoms with E-state index >= 15 is 0 Å². The van der Waals surface area contributed by atoms with Gasteiger partial charge in [-0.25, -0.2) is 4.90 Å². The molecule has 2 atom stereocenters. The van der Waals surface area contributed by atoms with E-state index in [9.17, 15) is 9.59 Å². The molecule has 0 saturated carbocycles. The molecule has 2 fully saturated rings. The first-order valence-corrected chi connectivity index (χ1v) is 7.90. The lowest BCUT2D eigenvalue weighted by atomic mass is 9.97. The van der Waals surface area contributed by atoms with Gasteiger partial charge in [0.2, 0.25) is 5.91 Å². The monoisotopic (exact) mass is 286 g/mol. The largest absolute Gasteiger partial charge is 0.289 e. The second kappa shape index (κ2) is 5.98. The van der Waals surface area contributed by atoms with Crippen molar-refractivity contribution in [3.8, 4) is 0 Å². The minimum atomic E-state index is -0.261. The van der Waals surface area contributed by atoms with E-state index in [4.69, 9.17) is 0 Å². The predicted octanol–water partition coefficient (Wildman–Crippen LogP) is 2.58. The highest BCUT2D eigenvalue weighted by molar-refractivity contribution is 6.22. The molecular weight excluding hydrogens is 264 g/mol. The lowest BCUT2D eigenvalue weighted by Gasteiger charge is -2.38.